The molecule has 0 fully saturated rings. The summed E-state index contributed by atoms with van der Waals surface area (Å²) in [6.07, 6.45) is 6.84. The first-order valence-electron chi connectivity index (χ1n) is 5.74. The van der Waals surface area contributed by atoms with Gasteiger partial charge < -0.3 is 9.80 Å². The third-order valence-corrected chi connectivity index (χ3v) is 3.28. The Labute approximate surface area is 106 Å². The standard InChI is InChI=1S/C13H17BrN2/c1-2-3-8-15-9-10-16(11-15)13-6-4-12(14)5-7-13/h4-7,9-10H,2-3,8,11H2,1H3. The normalized spacial score (nSPS) is 14.9. The van der Waals surface area contributed by atoms with E-state index >= 15 is 0 Å². The molecule has 0 aromatic heterocycles. The average molecular weight is 281 g/mol. The molecular formula is C13H17BrN2. The first kappa shape index (κ1) is 11.5. The van der Waals surface area contributed by atoms with Crippen LogP contribution < -0.4 is 4.90 Å². The van der Waals surface area contributed by atoms with Gasteiger partial charge in [0, 0.05) is 29.1 Å². The molecule has 16 heavy (non-hydrogen) atoms. The molecule has 0 N–H and O–H groups in total. The number of rotatable bonds is 4. The van der Waals surface area contributed by atoms with Crippen molar-refractivity contribution in [1.82, 2.24) is 4.90 Å². The Bertz CT molecular complexity index is 359. The van der Waals surface area contributed by atoms with Crippen molar-refractivity contribution in [2.45, 2.75) is 19.8 Å². The molecule has 1 aliphatic heterocycles. The Morgan fingerprint density at radius 2 is 1.94 bits per heavy atom. The highest BCUT2D eigenvalue weighted by atomic mass is 79.9. The summed E-state index contributed by atoms with van der Waals surface area (Å²) in [5.74, 6) is 0. The smallest absolute Gasteiger partial charge is 0.0941 e. The summed E-state index contributed by atoms with van der Waals surface area (Å²) in [6, 6.07) is 8.44. The molecule has 0 bridgehead atoms. The third kappa shape index (κ3) is 2.79. The zero-order chi connectivity index (χ0) is 11.4. The molecule has 2 rings (SSSR count). The maximum atomic E-state index is 3.45. The van der Waals surface area contributed by atoms with Gasteiger partial charge in [-0.15, -0.1) is 0 Å². The average Bonchev–Trinajstić information content (AvgIpc) is 2.76. The summed E-state index contributed by atoms with van der Waals surface area (Å²) in [5, 5.41) is 0. The summed E-state index contributed by atoms with van der Waals surface area (Å²) in [4.78, 5) is 4.62. The van der Waals surface area contributed by atoms with Crippen LogP contribution in [0.15, 0.2) is 41.1 Å². The highest BCUT2D eigenvalue weighted by molar-refractivity contribution is 9.10. The quantitative estimate of drug-likeness (QED) is 0.828. The second kappa shape index (κ2) is 5.39. The van der Waals surface area contributed by atoms with Gasteiger partial charge in [0.25, 0.3) is 0 Å². The molecule has 1 aromatic rings. The lowest BCUT2D eigenvalue weighted by molar-refractivity contribution is 0.396. The van der Waals surface area contributed by atoms with Crippen molar-refractivity contribution in [1.29, 1.82) is 0 Å². The van der Waals surface area contributed by atoms with Crippen molar-refractivity contribution >= 4 is 21.6 Å². The van der Waals surface area contributed by atoms with E-state index in [4.69, 9.17) is 0 Å². The third-order valence-electron chi connectivity index (χ3n) is 2.75. The number of benzene rings is 1. The van der Waals surface area contributed by atoms with Crippen molar-refractivity contribution in [2.75, 3.05) is 18.1 Å². The van der Waals surface area contributed by atoms with E-state index in [-0.39, 0.29) is 0 Å². The van der Waals surface area contributed by atoms with Crippen LogP contribution in [0.2, 0.25) is 0 Å². The monoisotopic (exact) mass is 280 g/mol. The molecule has 0 atom stereocenters. The van der Waals surface area contributed by atoms with Gasteiger partial charge in [0.1, 0.15) is 0 Å². The molecule has 1 heterocycles. The Kier molecular flexibility index (Phi) is 3.88. The molecule has 0 saturated carbocycles. The number of unbranched alkanes of at least 4 members (excludes halogenated alkanes) is 1. The molecule has 0 amide bonds. The molecule has 0 saturated heterocycles. The predicted octanol–water partition coefficient (Wildman–Crippen LogP) is 3.80. The lowest BCUT2D eigenvalue weighted by Gasteiger charge is -2.21. The minimum atomic E-state index is 0.974. The maximum absolute atomic E-state index is 3.45. The van der Waals surface area contributed by atoms with Gasteiger partial charge in [0.15, 0.2) is 0 Å². The number of hydrogen-bond donors (Lipinski definition) is 0. The van der Waals surface area contributed by atoms with E-state index in [0.29, 0.717) is 0 Å². The van der Waals surface area contributed by atoms with Gasteiger partial charge in [-0.1, -0.05) is 29.3 Å². The fourth-order valence-electron chi connectivity index (χ4n) is 1.77. The highest BCUT2D eigenvalue weighted by Crippen LogP contribution is 2.21. The van der Waals surface area contributed by atoms with Gasteiger partial charge in [0.2, 0.25) is 0 Å². The molecule has 3 heteroatoms. The molecule has 0 aliphatic carbocycles. The van der Waals surface area contributed by atoms with Crippen molar-refractivity contribution in [2.24, 2.45) is 0 Å². The van der Waals surface area contributed by atoms with Gasteiger partial charge in [0.05, 0.1) is 6.67 Å². The largest absolute Gasteiger partial charge is 0.358 e. The Hall–Kier alpha value is -0.960. The topological polar surface area (TPSA) is 6.48 Å². The van der Waals surface area contributed by atoms with Gasteiger partial charge in [-0.05, 0) is 30.7 Å². The van der Waals surface area contributed by atoms with Crippen molar-refractivity contribution < 1.29 is 0 Å². The van der Waals surface area contributed by atoms with E-state index in [2.05, 4.69) is 69.3 Å². The zero-order valence-electron chi connectivity index (χ0n) is 9.56. The van der Waals surface area contributed by atoms with Gasteiger partial charge in [-0.2, -0.15) is 0 Å². The summed E-state index contributed by atoms with van der Waals surface area (Å²) in [7, 11) is 0. The van der Waals surface area contributed by atoms with E-state index in [0.717, 1.165) is 17.7 Å². The Morgan fingerprint density at radius 3 is 2.62 bits per heavy atom. The second-order valence-corrected chi connectivity index (χ2v) is 4.97. The van der Waals surface area contributed by atoms with Crippen molar-refractivity contribution in [3.63, 3.8) is 0 Å². The SMILES string of the molecule is CCCCN1C=CN(c2ccc(Br)cc2)C1. The number of nitrogens with zero attached hydrogens (tertiary/aromatic N) is 2. The fraction of sp³-hybridized carbons (Fsp3) is 0.385. The summed E-state index contributed by atoms with van der Waals surface area (Å²) in [6.45, 7) is 4.36. The second-order valence-electron chi connectivity index (χ2n) is 4.05. The van der Waals surface area contributed by atoms with Crippen molar-refractivity contribution in [3.8, 4) is 0 Å². The number of anilines is 1. The maximum Gasteiger partial charge on any atom is 0.0941 e. The molecule has 1 aromatic carbocycles. The van der Waals surface area contributed by atoms with Crippen LogP contribution in [0.3, 0.4) is 0 Å². The van der Waals surface area contributed by atoms with E-state index in [1.165, 1.54) is 18.5 Å². The first-order valence-corrected chi connectivity index (χ1v) is 6.53. The van der Waals surface area contributed by atoms with Crippen LogP contribution in [0.25, 0.3) is 0 Å². The van der Waals surface area contributed by atoms with Gasteiger partial charge in [-0.25, -0.2) is 0 Å². The predicted molar refractivity (Wildman–Crippen MR) is 72.2 cm³/mol. The Morgan fingerprint density at radius 1 is 1.19 bits per heavy atom. The van der Waals surface area contributed by atoms with Crippen LogP contribution in [0.1, 0.15) is 19.8 Å². The molecule has 1 aliphatic rings. The summed E-state index contributed by atoms with van der Waals surface area (Å²) in [5.41, 5.74) is 1.25. The Balaban J connectivity index is 1.94. The minimum Gasteiger partial charge on any atom is -0.358 e. The molecular weight excluding hydrogens is 264 g/mol. The van der Waals surface area contributed by atoms with E-state index in [1.807, 2.05) is 0 Å². The molecule has 0 spiro atoms. The van der Waals surface area contributed by atoms with Crippen LogP contribution in [0.4, 0.5) is 5.69 Å². The van der Waals surface area contributed by atoms with E-state index in [1.54, 1.807) is 0 Å². The van der Waals surface area contributed by atoms with Gasteiger partial charge in [-0.3, -0.25) is 0 Å². The lowest BCUT2D eigenvalue weighted by atomic mass is 10.3. The minimum absolute atomic E-state index is 0.974. The van der Waals surface area contributed by atoms with Crippen LogP contribution in [0.5, 0.6) is 0 Å². The molecule has 86 valence electrons. The van der Waals surface area contributed by atoms with E-state index < -0.39 is 0 Å². The van der Waals surface area contributed by atoms with Crippen LogP contribution in [0, 0.1) is 0 Å². The molecule has 2 nitrogen and oxygen atoms in total. The fourth-order valence-corrected chi connectivity index (χ4v) is 2.04. The lowest BCUT2D eigenvalue weighted by Crippen LogP contribution is -2.25. The van der Waals surface area contributed by atoms with Crippen molar-refractivity contribution in [3.05, 3.63) is 41.1 Å². The van der Waals surface area contributed by atoms with Crippen LogP contribution in [-0.2, 0) is 0 Å². The summed E-state index contributed by atoms with van der Waals surface area (Å²) < 4.78 is 1.13. The van der Waals surface area contributed by atoms with Crippen LogP contribution in [-0.4, -0.2) is 18.1 Å². The molecule has 0 unspecified atom stereocenters. The molecule has 0 radical (unpaired) electrons. The van der Waals surface area contributed by atoms with E-state index in [9.17, 15) is 0 Å². The zero-order valence-corrected chi connectivity index (χ0v) is 11.2. The highest BCUT2D eigenvalue weighted by Gasteiger charge is 2.12. The number of halogens is 1. The number of hydrogen-bond acceptors (Lipinski definition) is 2. The summed E-state index contributed by atoms with van der Waals surface area (Å²) >= 11 is 3.45. The first-order chi connectivity index (χ1) is 7.79. The van der Waals surface area contributed by atoms with Gasteiger partial charge >= 0.3 is 0 Å². The van der Waals surface area contributed by atoms with Crippen LogP contribution >= 0.6 is 15.9 Å².